The standard InChI is InChI=1S/C14H14N4OS/c1-2-11-12(9-10(1)13-15-3-8-20-13)17-14(16-11)18-4-6-19-7-5-18/h1-3,8-9H,4-7H2,(H,16,17). The third-order valence-electron chi connectivity index (χ3n) is 3.46. The van der Waals surface area contributed by atoms with Gasteiger partial charge in [-0.25, -0.2) is 9.97 Å². The third-order valence-corrected chi connectivity index (χ3v) is 4.28. The summed E-state index contributed by atoms with van der Waals surface area (Å²) in [5.74, 6) is 0.930. The van der Waals surface area contributed by atoms with Crippen LogP contribution in [0, 0.1) is 0 Å². The molecule has 0 bridgehead atoms. The van der Waals surface area contributed by atoms with Gasteiger partial charge in [0.1, 0.15) is 5.01 Å². The van der Waals surface area contributed by atoms with Crippen molar-refractivity contribution >= 4 is 28.3 Å². The summed E-state index contributed by atoms with van der Waals surface area (Å²) in [7, 11) is 0. The lowest BCUT2D eigenvalue weighted by atomic mass is 10.2. The van der Waals surface area contributed by atoms with Crippen molar-refractivity contribution in [1.82, 2.24) is 15.0 Å². The van der Waals surface area contributed by atoms with Crippen LogP contribution in [-0.2, 0) is 4.74 Å². The molecule has 0 aliphatic carbocycles. The molecule has 1 saturated heterocycles. The molecule has 6 heteroatoms. The second kappa shape index (κ2) is 4.88. The maximum Gasteiger partial charge on any atom is 0.203 e. The maximum atomic E-state index is 5.37. The normalized spacial score (nSPS) is 15.9. The molecule has 3 heterocycles. The summed E-state index contributed by atoms with van der Waals surface area (Å²) < 4.78 is 5.37. The molecule has 1 fully saturated rings. The summed E-state index contributed by atoms with van der Waals surface area (Å²) in [5.41, 5.74) is 3.18. The van der Waals surface area contributed by atoms with Crippen LogP contribution in [0.25, 0.3) is 21.6 Å². The number of imidazole rings is 1. The Bertz CT molecular complexity index is 716. The molecule has 1 aromatic carbocycles. The minimum atomic E-state index is 0.765. The van der Waals surface area contributed by atoms with E-state index in [9.17, 15) is 0 Å². The highest BCUT2D eigenvalue weighted by Crippen LogP contribution is 2.26. The molecule has 20 heavy (non-hydrogen) atoms. The Morgan fingerprint density at radius 1 is 1.25 bits per heavy atom. The second-order valence-corrected chi connectivity index (χ2v) is 5.62. The quantitative estimate of drug-likeness (QED) is 0.786. The summed E-state index contributed by atoms with van der Waals surface area (Å²) in [6.07, 6.45) is 1.83. The van der Waals surface area contributed by atoms with Crippen LogP contribution >= 0.6 is 11.3 Å². The number of anilines is 1. The fraction of sp³-hybridized carbons (Fsp3) is 0.286. The van der Waals surface area contributed by atoms with Gasteiger partial charge in [0.25, 0.3) is 0 Å². The van der Waals surface area contributed by atoms with Crippen molar-refractivity contribution in [2.24, 2.45) is 0 Å². The Kier molecular flexibility index (Phi) is 2.90. The number of H-pyrrole nitrogens is 1. The Hall–Kier alpha value is -1.92. The van der Waals surface area contributed by atoms with Crippen molar-refractivity contribution in [1.29, 1.82) is 0 Å². The summed E-state index contributed by atoms with van der Waals surface area (Å²) in [6.45, 7) is 3.31. The molecule has 1 aliphatic rings. The first kappa shape index (κ1) is 11.9. The Labute approximate surface area is 120 Å². The van der Waals surface area contributed by atoms with Gasteiger partial charge in [-0.15, -0.1) is 11.3 Å². The first-order valence-corrected chi connectivity index (χ1v) is 7.50. The van der Waals surface area contributed by atoms with Gasteiger partial charge in [-0.1, -0.05) is 0 Å². The van der Waals surface area contributed by atoms with E-state index in [4.69, 9.17) is 4.74 Å². The third kappa shape index (κ3) is 2.07. The zero-order chi connectivity index (χ0) is 13.4. The van der Waals surface area contributed by atoms with Gasteiger partial charge in [0, 0.05) is 30.2 Å². The van der Waals surface area contributed by atoms with Gasteiger partial charge in [0.2, 0.25) is 5.95 Å². The lowest BCUT2D eigenvalue weighted by molar-refractivity contribution is 0.122. The van der Waals surface area contributed by atoms with Crippen molar-refractivity contribution in [3.63, 3.8) is 0 Å². The van der Waals surface area contributed by atoms with E-state index < -0.39 is 0 Å². The number of fused-ring (bicyclic) bond motifs is 1. The minimum Gasteiger partial charge on any atom is -0.378 e. The topological polar surface area (TPSA) is 54.0 Å². The van der Waals surface area contributed by atoms with Crippen LogP contribution in [0.5, 0.6) is 0 Å². The molecule has 0 spiro atoms. The van der Waals surface area contributed by atoms with Crippen LogP contribution in [0.4, 0.5) is 5.95 Å². The van der Waals surface area contributed by atoms with Gasteiger partial charge in [-0.05, 0) is 18.2 Å². The van der Waals surface area contributed by atoms with Crippen LogP contribution < -0.4 is 4.90 Å². The minimum absolute atomic E-state index is 0.765. The average molecular weight is 286 g/mol. The van der Waals surface area contributed by atoms with Crippen molar-refractivity contribution in [2.75, 3.05) is 31.2 Å². The molecule has 0 unspecified atom stereocenters. The highest BCUT2D eigenvalue weighted by atomic mass is 32.1. The largest absolute Gasteiger partial charge is 0.378 e. The van der Waals surface area contributed by atoms with Crippen molar-refractivity contribution < 1.29 is 4.74 Å². The Morgan fingerprint density at radius 3 is 2.95 bits per heavy atom. The molecule has 102 valence electrons. The van der Waals surface area contributed by atoms with Crippen LogP contribution in [0.3, 0.4) is 0 Å². The van der Waals surface area contributed by atoms with E-state index in [1.807, 2.05) is 17.6 Å². The summed E-state index contributed by atoms with van der Waals surface area (Å²) >= 11 is 1.65. The van der Waals surface area contributed by atoms with E-state index >= 15 is 0 Å². The Morgan fingerprint density at radius 2 is 2.15 bits per heavy atom. The number of benzene rings is 1. The van der Waals surface area contributed by atoms with Gasteiger partial charge in [0.05, 0.1) is 24.2 Å². The fourth-order valence-corrected chi connectivity index (χ4v) is 3.06. The summed E-state index contributed by atoms with van der Waals surface area (Å²) in [6, 6.07) is 6.24. The van der Waals surface area contributed by atoms with Gasteiger partial charge in [0.15, 0.2) is 0 Å². The van der Waals surface area contributed by atoms with E-state index in [-0.39, 0.29) is 0 Å². The van der Waals surface area contributed by atoms with Gasteiger partial charge < -0.3 is 14.6 Å². The van der Waals surface area contributed by atoms with E-state index in [0.29, 0.717) is 0 Å². The first-order chi connectivity index (χ1) is 9.90. The smallest absolute Gasteiger partial charge is 0.203 e. The van der Waals surface area contributed by atoms with Crippen LogP contribution in [0.2, 0.25) is 0 Å². The number of morpholine rings is 1. The van der Waals surface area contributed by atoms with Crippen molar-refractivity contribution in [3.05, 3.63) is 29.8 Å². The fourth-order valence-electron chi connectivity index (χ4n) is 2.42. The number of nitrogens with zero attached hydrogens (tertiary/aromatic N) is 3. The Balaban J connectivity index is 1.72. The van der Waals surface area contributed by atoms with Gasteiger partial charge in [-0.2, -0.15) is 0 Å². The number of thiazole rings is 1. The molecule has 0 atom stereocenters. The van der Waals surface area contributed by atoms with E-state index in [0.717, 1.165) is 53.9 Å². The zero-order valence-corrected chi connectivity index (χ0v) is 11.7. The van der Waals surface area contributed by atoms with Crippen LogP contribution in [0.1, 0.15) is 0 Å². The number of hydrogen-bond acceptors (Lipinski definition) is 5. The second-order valence-electron chi connectivity index (χ2n) is 4.73. The molecule has 0 saturated carbocycles. The number of aromatic nitrogens is 3. The SMILES string of the molecule is c1csc(-c2ccc3nc(N4CCOCC4)[nH]c3c2)n1. The summed E-state index contributed by atoms with van der Waals surface area (Å²) in [5, 5.41) is 3.03. The van der Waals surface area contributed by atoms with Crippen LogP contribution in [-0.4, -0.2) is 41.3 Å². The number of aromatic amines is 1. The highest BCUT2D eigenvalue weighted by molar-refractivity contribution is 7.13. The first-order valence-electron chi connectivity index (χ1n) is 6.62. The van der Waals surface area contributed by atoms with Crippen LogP contribution in [0.15, 0.2) is 29.8 Å². The molecule has 1 N–H and O–H groups in total. The lowest BCUT2D eigenvalue weighted by Crippen LogP contribution is -2.36. The molecule has 4 rings (SSSR count). The zero-order valence-electron chi connectivity index (χ0n) is 10.9. The van der Waals surface area contributed by atoms with E-state index in [1.165, 1.54) is 0 Å². The highest BCUT2D eigenvalue weighted by Gasteiger charge is 2.15. The molecule has 2 aromatic heterocycles. The van der Waals surface area contributed by atoms with E-state index in [2.05, 4.69) is 32.0 Å². The number of ether oxygens (including phenoxy) is 1. The molecule has 5 nitrogen and oxygen atoms in total. The number of rotatable bonds is 2. The molecule has 0 amide bonds. The molecule has 0 radical (unpaired) electrons. The van der Waals surface area contributed by atoms with Gasteiger partial charge >= 0.3 is 0 Å². The van der Waals surface area contributed by atoms with Crippen molar-refractivity contribution in [2.45, 2.75) is 0 Å². The molecular weight excluding hydrogens is 272 g/mol. The predicted molar refractivity (Wildman–Crippen MR) is 80.2 cm³/mol. The molecule has 3 aromatic rings. The molecular formula is C14H14N4OS. The number of nitrogens with one attached hydrogen (secondary N) is 1. The van der Waals surface area contributed by atoms with Crippen molar-refractivity contribution in [3.8, 4) is 10.6 Å². The maximum absolute atomic E-state index is 5.37. The molecule has 1 aliphatic heterocycles. The average Bonchev–Trinajstić information content (AvgIpc) is 3.16. The summed E-state index contributed by atoms with van der Waals surface area (Å²) in [4.78, 5) is 14.6. The van der Waals surface area contributed by atoms with Gasteiger partial charge in [-0.3, -0.25) is 0 Å². The predicted octanol–water partition coefficient (Wildman–Crippen LogP) is 2.52. The monoisotopic (exact) mass is 286 g/mol. The number of hydrogen-bond donors (Lipinski definition) is 1. The van der Waals surface area contributed by atoms with E-state index in [1.54, 1.807) is 11.3 Å². The lowest BCUT2D eigenvalue weighted by Gasteiger charge is -2.26.